The Bertz CT molecular complexity index is 1000. The normalized spacial score (nSPS) is 31.9. The summed E-state index contributed by atoms with van der Waals surface area (Å²) in [6, 6.07) is 6.94. The Hall–Kier alpha value is -2.66. The number of carbonyl (C=O) groups is 2. The van der Waals surface area contributed by atoms with Crippen molar-refractivity contribution in [1.82, 2.24) is 0 Å². The third-order valence-electron chi connectivity index (χ3n) is 8.73. The standard InChI is InChI=1S/C31H42O5/c1-7-22(2)9-15-27-30(5)19-8-18-29(4,26(30)17-20-31(27,6)34)21-35-28(33)16-12-24-10-13-25(14-11-24)36-23(3)32/h7,10-14,16,26-27,34H,1-2,8-9,15,17-21H2,3-6H3. The molecule has 196 valence electrons. The van der Waals surface area contributed by atoms with E-state index in [0.29, 0.717) is 18.3 Å². The molecule has 0 radical (unpaired) electrons. The highest BCUT2D eigenvalue weighted by Gasteiger charge is 2.59. The predicted molar refractivity (Wildman–Crippen MR) is 143 cm³/mol. The summed E-state index contributed by atoms with van der Waals surface area (Å²) in [4.78, 5) is 23.6. The van der Waals surface area contributed by atoms with E-state index in [9.17, 15) is 14.7 Å². The SMILES string of the molecule is C=CC(=C)CCC1C(C)(O)CCC2C(C)(COC(=O)C=Cc3ccc(OC(C)=O)cc3)CCCC12C. The Kier molecular flexibility index (Phi) is 8.66. The maximum atomic E-state index is 12.6. The number of hydrogen-bond acceptors (Lipinski definition) is 5. The van der Waals surface area contributed by atoms with Crippen LogP contribution in [0.3, 0.4) is 0 Å². The van der Waals surface area contributed by atoms with E-state index in [-0.39, 0.29) is 28.7 Å². The van der Waals surface area contributed by atoms with E-state index in [1.54, 1.807) is 30.3 Å². The van der Waals surface area contributed by atoms with Crippen LogP contribution in [0.25, 0.3) is 6.08 Å². The first kappa shape index (κ1) is 27.9. The summed E-state index contributed by atoms with van der Waals surface area (Å²) in [6.07, 6.45) is 11.5. The molecular formula is C31H42O5. The van der Waals surface area contributed by atoms with Crippen molar-refractivity contribution in [3.05, 3.63) is 60.7 Å². The molecule has 5 nitrogen and oxygen atoms in total. The molecule has 1 aromatic rings. The zero-order valence-electron chi connectivity index (χ0n) is 22.3. The zero-order valence-corrected chi connectivity index (χ0v) is 22.3. The summed E-state index contributed by atoms with van der Waals surface area (Å²) in [5.74, 6) is 0.254. The lowest BCUT2D eigenvalue weighted by atomic mass is 9.45. The van der Waals surface area contributed by atoms with Crippen molar-refractivity contribution in [3.63, 3.8) is 0 Å². The highest BCUT2D eigenvalue weighted by molar-refractivity contribution is 5.87. The molecule has 1 N–H and O–H groups in total. The molecule has 0 aliphatic heterocycles. The maximum Gasteiger partial charge on any atom is 0.330 e. The minimum Gasteiger partial charge on any atom is -0.462 e. The van der Waals surface area contributed by atoms with Crippen molar-refractivity contribution in [2.45, 2.75) is 78.2 Å². The van der Waals surface area contributed by atoms with Gasteiger partial charge in [-0.15, -0.1) is 0 Å². The Morgan fingerprint density at radius 1 is 1.14 bits per heavy atom. The van der Waals surface area contributed by atoms with E-state index in [0.717, 1.165) is 56.1 Å². The molecule has 0 bridgehead atoms. The van der Waals surface area contributed by atoms with Gasteiger partial charge in [-0.25, -0.2) is 4.79 Å². The number of hydrogen-bond donors (Lipinski definition) is 1. The van der Waals surface area contributed by atoms with Gasteiger partial charge in [-0.05, 0) is 86.5 Å². The average molecular weight is 495 g/mol. The number of rotatable bonds is 9. The van der Waals surface area contributed by atoms with Crippen LogP contribution in [0.4, 0.5) is 0 Å². The third-order valence-corrected chi connectivity index (χ3v) is 8.73. The molecule has 2 saturated carbocycles. The third kappa shape index (κ3) is 6.36. The molecule has 36 heavy (non-hydrogen) atoms. The smallest absolute Gasteiger partial charge is 0.330 e. The van der Waals surface area contributed by atoms with Crippen LogP contribution in [0, 0.1) is 22.7 Å². The molecule has 1 aromatic carbocycles. The highest BCUT2D eigenvalue weighted by atomic mass is 16.5. The van der Waals surface area contributed by atoms with Gasteiger partial charge in [0, 0.05) is 18.4 Å². The molecular weight excluding hydrogens is 452 g/mol. The van der Waals surface area contributed by atoms with E-state index < -0.39 is 5.60 Å². The van der Waals surface area contributed by atoms with Gasteiger partial charge in [0.25, 0.3) is 0 Å². The Morgan fingerprint density at radius 2 is 1.83 bits per heavy atom. The molecule has 5 unspecified atom stereocenters. The Balaban J connectivity index is 1.67. The van der Waals surface area contributed by atoms with Gasteiger partial charge in [0.2, 0.25) is 0 Å². The molecule has 0 spiro atoms. The fraction of sp³-hybridized carbons (Fsp3) is 0.548. The minimum atomic E-state index is -0.713. The second kappa shape index (κ2) is 11.2. The molecule has 5 heteroatoms. The lowest BCUT2D eigenvalue weighted by Gasteiger charge is -2.61. The van der Waals surface area contributed by atoms with Gasteiger partial charge in [-0.3, -0.25) is 4.79 Å². The van der Waals surface area contributed by atoms with Crippen LogP contribution in [-0.2, 0) is 14.3 Å². The summed E-state index contributed by atoms with van der Waals surface area (Å²) in [5.41, 5.74) is 0.957. The number of benzene rings is 1. The molecule has 0 amide bonds. The number of ether oxygens (including phenoxy) is 2. The van der Waals surface area contributed by atoms with Gasteiger partial charge in [0.1, 0.15) is 5.75 Å². The van der Waals surface area contributed by atoms with Crippen molar-refractivity contribution in [1.29, 1.82) is 0 Å². The number of carbonyl (C=O) groups excluding carboxylic acids is 2. The Labute approximate surface area is 216 Å². The zero-order chi connectivity index (χ0) is 26.6. The van der Waals surface area contributed by atoms with Crippen molar-refractivity contribution < 1.29 is 24.2 Å². The van der Waals surface area contributed by atoms with Gasteiger partial charge < -0.3 is 14.6 Å². The van der Waals surface area contributed by atoms with Gasteiger partial charge in [0.05, 0.1) is 12.2 Å². The van der Waals surface area contributed by atoms with Crippen molar-refractivity contribution in [2.24, 2.45) is 22.7 Å². The second-order valence-electron chi connectivity index (χ2n) is 11.5. The van der Waals surface area contributed by atoms with Crippen molar-refractivity contribution in [3.8, 4) is 5.75 Å². The largest absolute Gasteiger partial charge is 0.462 e. The summed E-state index contributed by atoms with van der Waals surface area (Å²) < 4.78 is 10.8. The van der Waals surface area contributed by atoms with Crippen molar-refractivity contribution in [2.75, 3.05) is 6.61 Å². The molecule has 0 aromatic heterocycles. The van der Waals surface area contributed by atoms with Gasteiger partial charge >= 0.3 is 11.9 Å². The van der Waals surface area contributed by atoms with Crippen LogP contribution in [0.5, 0.6) is 5.75 Å². The highest BCUT2D eigenvalue weighted by Crippen LogP contribution is 2.63. The van der Waals surface area contributed by atoms with E-state index in [2.05, 4.69) is 27.0 Å². The predicted octanol–water partition coefficient (Wildman–Crippen LogP) is 6.66. The van der Waals surface area contributed by atoms with Crippen LogP contribution in [0.1, 0.15) is 78.2 Å². The molecule has 2 aliphatic rings. The van der Waals surface area contributed by atoms with E-state index in [1.165, 1.54) is 13.0 Å². The second-order valence-corrected chi connectivity index (χ2v) is 11.5. The van der Waals surface area contributed by atoms with Crippen LogP contribution < -0.4 is 4.74 Å². The molecule has 2 fully saturated rings. The molecule has 2 aliphatic carbocycles. The van der Waals surface area contributed by atoms with Crippen molar-refractivity contribution >= 4 is 18.0 Å². The van der Waals surface area contributed by atoms with E-state index >= 15 is 0 Å². The first-order chi connectivity index (χ1) is 16.9. The van der Waals surface area contributed by atoms with Crippen LogP contribution in [-0.4, -0.2) is 29.3 Å². The van der Waals surface area contributed by atoms with Gasteiger partial charge in [-0.1, -0.05) is 57.2 Å². The van der Waals surface area contributed by atoms with Crippen LogP contribution in [0.2, 0.25) is 0 Å². The van der Waals surface area contributed by atoms with E-state index in [4.69, 9.17) is 9.47 Å². The number of allylic oxidation sites excluding steroid dienone is 2. The lowest BCUT2D eigenvalue weighted by molar-refractivity contribution is -0.185. The quantitative estimate of drug-likeness (QED) is 0.180. The first-order valence-electron chi connectivity index (χ1n) is 13.1. The fourth-order valence-electron chi connectivity index (χ4n) is 6.94. The first-order valence-corrected chi connectivity index (χ1v) is 13.1. The summed E-state index contributed by atoms with van der Waals surface area (Å²) in [7, 11) is 0. The summed E-state index contributed by atoms with van der Waals surface area (Å²) in [5, 5.41) is 11.4. The summed E-state index contributed by atoms with van der Waals surface area (Å²) in [6.45, 7) is 16.2. The van der Waals surface area contributed by atoms with Gasteiger partial charge in [-0.2, -0.15) is 0 Å². The molecule has 0 heterocycles. The lowest BCUT2D eigenvalue weighted by Crippen LogP contribution is -2.59. The number of aliphatic hydroxyl groups is 1. The van der Waals surface area contributed by atoms with E-state index in [1.807, 2.05) is 13.0 Å². The molecule has 3 rings (SSSR count). The number of fused-ring (bicyclic) bond motifs is 1. The monoisotopic (exact) mass is 494 g/mol. The maximum absolute atomic E-state index is 12.6. The number of esters is 2. The van der Waals surface area contributed by atoms with Gasteiger partial charge in [0.15, 0.2) is 0 Å². The van der Waals surface area contributed by atoms with Crippen LogP contribution >= 0.6 is 0 Å². The topological polar surface area (TPSA) is 72.8 Å². The summed E-state index contributed by atoms with van der Waals surface area (Å²) >= 11 is 0. The minimum absolute atomic E-state index is 0.0257. The van der Waals surface area contributed by atoms with Crippen LogP contribution in [0.15, 0.2) is 55.1 Å². The Morgan fingerprint density at radius 3 is 2.47 bits per heavy atom. The fourth-order valence-corrected chi connectivity index (χ4v) is 6.94. The molecule has 5 atom stereocenters. The molecule has 0 saturated heterocycles. The average Bonchev–Trinajstić information content (AvgIpc) is 2.81.